The Labute approximate surface area is 565 Å². The molecule has 0 fully saturated rings. The third kappa shape index (κ3) is 8.12. The van der Waals surface area contributed by atoms with Crippen LogP contribution in [0.5, 0.6) is 17.2 Å². The molecule has 0 N–H and O–H groups in total. The van der Waals surface area contributed by atoms with Gasteiger partial charge in [0.25, 0.3) is 0 Å². The van der Waals surface area contributed by atoms with E-state index in [1.165, 1.54) is 171 Å². The second kappa shape index (κ2) is 21.3. The number of rotatable bonds is 11. The van der Waals surface area contributed by atoms with Crippen LogP contribution in [0.1, 0.15) is 5.56 Å². The summed E-state index contributed by atoms with van der Waals surface area (Å²) in [6.45, 7) is 2.03. The summed E-state index contributed by atoms with van der Waals surface area (Å²) in [5.74, 6) is 2.49. The molecule has 452 valence electrons. The van der Waals surface area contributed by atoms with Gasteiger partial charge in [-0.25, -0.2) is 0 Å². The highest BCUT2D eigenvalue weighted by Gasteiger charge is 2.46. The molecule has 0 amide bonds. The summed E-state index contributed by atoms with van der Waals surface area (Å²) in [6.07, 6.45) is 0. The Balaban J connectivity index is 1.05. The van der Waals surface area contributed by atoms with Crippen molar-refractivity contribution in [2.24, 2.45) is 0 Å². The minimum Gasteiger partial charge on any atom is -0.497 e. The Morgan fingerprint density at radius 3 is 0.897 bits per heavy atom. The summed E-state index contributed by atoms with van der Waals surface area (Å²) < 4.78 is 19.0. The molecule has 0 aliphatic carbocycles. The highest BCUT2D eigenvalue weighted by Crippen LogP contribution is 2.56. The van der Waals surface area contributed by atoms with E-state index in [0.29, 0.717) is 0 Å². The van der Waals surface area contributed by atoms with Gasteiger partial charge in [-0.1, -0.05) is 257 Å². The summed E-state index contributed by atoms with van der Waals surface area (Å²) in [6, 6.07) is 110. The first-order chi connectivity index (χ1) is 47.9. The van der Waals surface area contributed by atoms with Gasteiger partial charge in [0.2, 0.25) is 13.4 Å². The molecule has 97 heavy (non-hydrogen) atoms. The van der Waals surface area contributed by atoms with Crippen LogP contribution in [0.2, 0.25) is 0 Å². The zero-order chi connectivity index (χ0) is 64.3. The summed E-state index contributed by atoms with van der Waals surface area (Å²) in [5, 5.41) is 7.54. The molecular formula is C92H60B2O3. The lowest BCUT2D eigenvalue weighted by Crippen LogP contribution is -2.53. The highest BCUT2D eigenvalue weighted by atomic mass is 16.5. The largest absolute Gasteiger partial charge is 0.497 e. The van der Waals surface area contributed by atoms with Crippen molar-refractivity contribution in [2.45, 2.75) is 6.92 Å². The van der Waals surface area contributed by atoms with E-state index in [1.54, 1.807) is 7.11 Å². The van der Waals surface area contributed by atoms with E-state index in [-0.39, 0.29) is 13.4 Å². The van der Waals surface area contributed by atoms with E-state index in [1.807, 2.05) is 14.2 Å². The standard InChI is InChI=1S/C92H60B2O3/c1-53-35-37-81-69(39-53)77-45-63(96-3)47-79-73-49-71(85-65(56-27-15-7-16-28-56)40-60(54-23-11-5-12-24-54)41-66(85)57-29-17-8-18-30-57)76-52-84-88-74(80-48-64(97-4)46-78-70-44-62(95-2)36-38-82(70)94(84)92(78)80)50-72(75-51-83(93(81)91(77)79)87(73)89(76)90(75)88)86-67(58-31-19-9-20-32-58)42-61(55-25-13-6-14-26-55)43-68(86)59-33-21-10-22-34-59/h5-52H,1-4H3. The molecule has 0 bridgehead atoms. The fourth-order valence-corrected chi connectivity index (χ4v) is 17.7. The Kier molecular flexibility index (Phi) is 12.2. The van der Waals surface area contributed by atoms with Crippen molar-refractivity contribution in [3.8, 4) is 151 Å². The van der Waals surface area contributed by atoms with Gasteiger partial charge >= 0.3 is 0 Å². The van der Waals surface area contributed by atoms with Gasteiger partial charge in [0.05, 0.1) is 21.3 Å². The summed E-state index contributed by atoms with van der Waals surface area (Å²) in [4.78, 5) is 0. The summed E-state index contributed by atoms with van der Waals surface area (Å²) in [5.41, 5.74) is 37.4. The molecule has 16 aromatic carbocycles. The molecule has 0 spiro atoms. The number of benzene rings is 16. The van der Waals surface area contributed by atoms with Gasteiger partial charge in [-0.15, -0.1) is 0 Å². The molecule has 4 heterocycles. The van der Waals surface area contributed by atoms with E-state index in [2.05, 4.69) is 298 Å². The minimum absolute atomic E-state index is 0.0758. The SMILES string of the molecule is COc1ccc2c(c1)-c1cc(OC)cc3c1B2c1cc2c(-c4c(-c5ccccc5)cc(-c5ccccc5)cc4-c4ccccc4)cc4c5c(cc6c(-c7c(-c8ccccc8)cc(-c8ccccc8)cc7-c7ccccc7)cc-3c1c6c25)B1c2ccc(C)cc2-c2cc(OC)cc-4c21. The van der Waals surface area contributed by atoms with Crippen molar-refractivity contribution in [3.05, 3.63) is 297 Å². The van der Waals surface area contributed by atoms with Crippen molar-refractivity contribution >= 4 is 78.5 Å². The highest BCUT2D eigenvalue weighted by molar-refractivity contribution is 7.03. The molecule has 20 rings (SSSR count). The van der Waals surface area contributed by atoms with Crippen LogP contribution in [0, 0.1) is 6.92 Å². The van der Waals surface area contributed by atoms with Crippen LogP contribution >= 0.6 is 0 Å². The van der Waals surface area contributed by atoms with Gasteiger partial charge in [-0.05, 0) is 246 Å². The Bertz CT molecular complexity index is 5700. The predicted molar refractivity (Wildman–Crippen MR) is 409 cm³/mol. The fraction of sp³-hybridized carbons (Fsp3) is 0.0435. The topological polar surface area (TPSA) is 27.7 Å². The van der Waals surface area contributed by atoms with Crippen LogP contribution < -0.4 is 47.0 Å². The molecule has 5 heteroatoms. The Morgan fingerprint density at radius 1 is 0.216 bits per heavy atom. The first kappa shape index (κ1) is 55.5. The molecule has 0 atom stereocenters. The molecule has 0 radical (unpaired) electrons. The zero-order valence-corrected chi connectivity index (χ0v) is 54.1. The van der Waals surface area contributed by atoms with Crippen molar-refractivity contribution in [1.29, 1.82) is 0 Å². The van der Waals surface area contributed by atoms with Crippen molar-refractivity contribution in [3.63, 3.8) is 0 Å². The fourth-order valence-electron chi connectivity index (χ4n) is 17.7. The summed E-state index contributed by atoms with van der Waals surface area (Å²) >= 11 is 0. The molecule has 0 unspecified atom stereocenters. The third-order valence-electron chi connectivity index (χ3n) is 21.8. The van der Waals surface area contributed by atoms with Gasteiger partial charge in [-0.3, -0.25) is 0 Å². The lowest BCUT2D eigenvalue weighted by molar-refractivity contribution is 0.414. The number of methoxy groups -OCH3 is 3. The molecule has 0 aromatic heterocycles. The molecule has 4 aliphatic rings. The third-order valence-corrected chi connectivity index (χ3v) is 21.8. The summed E-state index contributed by atoms with van der Waals surface area (Å²) in [7, 11) is 5.42. The van der Waals surface area contributed by atoms with Crippen LogP contribution in [0.4, 0.5) is 0 Å². The van der Waals surface area contributed by atoms with E-state index in [4.69, 9.17) is 14.2 Å². The first-order valence-corrected chi connectivity index (χ1v) is 33.7. The van der Waals surface area contributed by atoms with Gasteiger partial charge in [0, 0.05) is 0 Å². The number of aryl methyl sites for hydroxylation is 1. The maximum absolute atomic E-state index is 6.46. The van der Waals surface area contributed by atoms with E-state index in [0.717, 1.165) is 50.6 Å². The molecule has 0 saturated heterocycles. The predicted octanol–water partition coefficient (Wildman–Crippen LogP) is 19.2. The number of fused-ring (bicyclic) bond motifs is 10. The van der Waals surface area contributed by atoms with E-state index in [9.17, 15) is 0 Å². The van der Waals surface area contributed by atoms with E-state index < -0.39 is 0 Å². The first-order valence-electron chi connectivity index (χ1n) is 33.7. The smallest absolute Gasteiger partial charge is 0.244 e. The molecule has 0 saturated carbocycles. The van der Waals surface area contributed by atoms with Crippen molar-refractivity contribution in [1.82, 2.24) is 0 Å². The van der Waals surface area contributed by atoms with Crippen molar-refractivity contribution < 1.29 is 14.2 Å². The van der Waals surface area contributed by atoms with Gasteiger partial charge in [0.1, 0.15) is 17.2 Å². The van der Waals surface area contributed by atoms with Crippen LogP contribution in [0.15, 0.2) is 291 Å². The monoisotopic (exact) mass is 1230 g/mol. The molecule has 4 aliphatic heterocycles. The minimum atomic E-state index is -0.119. The number of ether oxygens (including phenoxy) is 3. The van der Waals surface area contributed by atoms with Crippen LogP contribution in [-0.4, -0.2) is 34.8 Å². The quantitative estimate of drug-likeness (QED) is 0.0954. The van der Waals surface area contributed by atoms with Crippen LogP contribution in [-0.2, 0) is 0 Å². The van der Waals surface area contributed by atoms with Gasteiger partial charge in [0.15, 0.2) is 0 Å². The second-order valence-corrected chi connectivity index (χ2v) is 26.7. The van der Waals surface area contributed by atoms with Gasteiger partial charge < -0.3 is 14.2 Å². The molecule has 16 aromatic rings. The van der Waals surface area contributed by atoms with Crippen molar-refractivity contribution in [2.75, 3.05) is 21.3 Å². The lowest BCUT2D eigenvalue weighted by Gasteiger charge is -2.34. The average Bonchev–Trinajstić information content (AvgIpc) is 1.66. The maximum Gasteiger partial charge on any atom is 0.244 e. The molecule has 3 nitrogen and oxygen atoms in total. The normalized spacial score (nSPS) is 12.5. The Hall–Kier alpha value is -11.9. The van der Waals surface area contributed by atoms with Crippen LogP contribution in [0.3, 0.4) is 0 Å². The maximum atomic E-state index is 6.46. The molecular weight excluding hydrogens is 1170 g/mol. The zero-order valence-electron chi connectivity index (χ0n) is 54.1. The Morgan fingerprint density at radius 2 is 0.536 bits per heavy atom. The second-order valence-electron chi connectivity index (χ2n) is 26.7. The average molecular weight is 1240 g/mol. The van der Waals surface area contributed by atoms with Gasteiger partial charge in [-0.2, -0.15) is 0 Å². The van der Waals surface area contributed by atoms with Crippen LogP contribution in [0.25, 0.3) is 166 Å². The number of hydrogen-bond donors (Lipinski definition) is 0. The van der Waals surface area contributed by atoms with E-state index >= 15 is 0 Å². The lowest BCUT2D eigenvalue weighted by atomic mass is 9.34. The number of hydrogen-bond acceptors (Lipinski definition) is 3.